The minimum absolute atomic E-state index is 0.0694. The van der Waals surface area contributed by atoms with Crippen LogP contribution in [0.2, 0.25) is 0 Å². The SMILES string of the molecule is CC/C=C\C/C=C\C/C=C\C/C=C\C/C=C\C/C=C\C/C=C\C/C=C\C/C=C\C/C=C\CCCCCCCCCCCCC(=O)OC(CO)COC(=O)CCCCCCCCCCCCCCCCCCCCCCCCCCCCC/C=C\CCCCCCCCCC. The van der Waals surface area contributed by atoms with Crippen molar-refractivity contribution in [2.45, 2.75) is 405 Å². The Balaban J connectivity index is 3.47. The molecule has 540 valence electrons. The Morgan fingerprint density at radius 3 is 0.702 bits per heavy atom. The molecule has 0 aromatic rings. The van der Waals surface area contributed by atoms with Crippen molar-refractivity contribution in [3.05, 3.63) is 134 Å². The zero-order valence-corrected chi connectivity index (χ0v) is 62.2. The van der Waals surface area contributed by atoms with E-state index in [1.807, 2.05) is 0 Å². The number of hydrogen-bond acceptors (Lipinski definition) is 5. The van der Waals surface area contributed by atoms with Gasteiger partial charge < -0.3 is 14.6 Å². The first-order chi connectivity index (χ1) is 46.6. The van der Waals surface area contributed by atoms with Crippen LogP contribution in [-0.2, 0) is 19.1 Å². The fourth-order valence-corrected chi connectivity index (χ4v) is 11.9. The number of ether oxygens (including phenoxy) is 2. The first kappa shape index (κ1) is 90.0. The molecule has 0 aliphatic heterocycles. The lowest BCUT2D eigenvalue weighted by atomic mass is 10.0. The fraction of sp³-hybridized carbons (Fsp3) is 0.730. The quantitative estimate of drug-likeness (QED) is 0.0373. The van der Waals surface area contributed by atoms with Crippen molar-refractivity contribution in [3.8, 4) is 0 Å². The molecule has 1 N–H and O–H groups in total. The summed E-state index contributed by atoms with van der Waals surface area (Å²) in [5.41, 5.74) is 0. The van der Waals surface area contributed by atoms with Crippen molar-refractivity contribution in [2.75, 3.05) is 13.2 Å². The van der Waals surface area contributed by atoms with Crippen LogP contribution in [0.25, 0.3) is 0 Å². The zero-order chi connectivity index (χ0) is 67.5. The lowest BCUT2D eigenvalue weighted by Crippen LogP contribution is -2.28. The number of aliphatic hydroxyl groups is 1. The van der Waals surface area contributed by atoms with Gasteiger partial charge in [0.05, 0.1) is 6.61 Å². The van der Waals surface area contributed by atoms with E-state index in [-0.39, 0.29) is 25.2 Å². The van der Waals surface area contributed by atoms with Crippen LogP contribution in [0.4, 0.5) is 0 Å². The normalized spacial score (nSPS) is 12.9. The van der Waals surface area contributed by atoms with Crippen LogP contribution in [-0.4, -0.2) is 36.4 Å². The van der Waals surface area contributed by atoms with Gasteiger partial charge >= 0.3 is 11.9 Å². The van der Waals surface area contributed by atoms with Gasteiger partial charge in [-0.1, -0.05) is 404 Å². The van der Waals surface area contributed by atoms with Gasteiger partial charge in [-0.3, -0.25) is 9.59 Å². The third-order valence-electron chi connectivity index (χ3n) is 17.9. The van der Waals surface area contributed by atoms with Crippen molar-refractivity contribution >= 4 is 11.9 Å². The molecule has 0 aromatic carbocycles. The molecule has 0 aliphatic rings. The molecule has 1 unspecified atom stereocenters. The molecule has 5 nitrogen and oxygen atoms in total. The number of unbranched alkanes of at least 4 members (excludes halogenated alkanes) is 45. The third-order valence-corrected chi connectivity index (χ3v) is 17.9. The maximum atomic E-state index is 12.4. The highest BCUT2D eigenvalue weighted by Crippen LogP contribution is 2.19. The highest BCUT2D eigenvalue weighted by atomic mass is 16.6. The maximum absolute atomic E-state index is 12.4. The largest absolute Gasteiger partial charge is 0.462 e. The van der Waals surface area contributed by atoms with Crippen LogP contribution in [0, 0.1) is 0 Å². The molecule has 0 spiro atoms. The number of carbonyl (C=O) groups excluding carboxylic acids is 2. The van der Waals surface area contributed by atoms with E-state index in [2.05, 4.69) is 148 Å². The van der Waals surface area contributed by atoms with Crippen LogP contribution in [0.3, 0.4) is 0 Å². The first-order valence-corrected chi connectivity index (χ1v) is 40.7. The molecule has 0 aromatic heterocycles. The predicted octanol–water partition coefficient (Wildman–Crippen LogP) is 29.0. The van der Waals surface area contributed by atoms with E-state index in [1.54, 1.807) is 0 Å². The van der Waals surface area contributed by atoms with E-state index in [9.17, 15) is 14.7 Å². The lowest BCUT2D eigenvalue weighted by molar-refractivity contribution is -0.161. The van der Waals surface area contributed by atoms with Crippen molar-refractivity contribution < 1.29 is 24.2 Å². The second kappa shape index (κ2) is 83.3. The molecular weight excluding hydrogens is 1150 g/mol. The average Bonchev–Trinajstić information content (AvgIpc) is 3.77. The van der Waals surface area contributed by atoms with Crippen LogP contribution in [0.15, 0.2) is 134 Å². The Hall–Kier alpha value is -3.96. The lowest BCUT2D eigenvalue weighted by Gasteiger charge is -2.15. The van der Waals surface area contributed by atoms with Crippen LogP contribution in [0.5, 0.6) is 0 Å². The molecule has 94 heavy (non-hydrogen) atoms. The molecule has 0 aliphatic carbocycles. The van der Waals surface area contributed by atoms with Crippen molar-refractivity contribution in [2.24, 2.45) is 0 Å². The number of esters is 2. The van der Waals surface area contributed by atoms with Crippen molar-refractivity contribution in [1.29, 1.82) is 0 Å². The van der Waals surface area contributed by atoms with Gasteiger partial charge in [-0.2, -0.15) is 0 Å². The van der Waals surface area contributed by atoms with Crippen LogP contribution >= 0.6 is 0 Å². The minimum atomic E-state index is -0.783. The summed E-state index contributed by atoms with van der Waals surface area (Å²) in [7, 11) is 0. The van der Waals surface area contributed by atoms with Gasteiger partial charge in [0, 0.05) is 12.8 Å². The van der Waals surface area contributed by atoms with Crippen LogP contribution in [0.1, 0.15) is 399 Å². The summed E-state index contributed by atoms with van der Waals surface area (Å²) >= 11 is 0. The summed E-state index contributed by atoms with van der Waals surface area (Å²) < 4.78 is 10.8. The number of hydrogen-bond donors (Lipinski definition) is 1. The van der Waals surface area contributed by atoms with Gasteiger partial charge in [0.1, 0.15) is 6.61 Å². The maximum Gasteiger partial charge on any atom is 0.306 e. The number of allylic oxidation sites excluding steroid dienone is 22. The van der Waals surface area contributed by atoms with E-state index in [0.29, 0.717) is 12.8 Å². The molecule has 0 heterocycles. The third kappa shape index (κ3) is 80.5. The number of aliphatic hydroxyl groups excluding tert-OH is 1. The second-order valence-corrected chi connectivity index (χ2v) is 27.1. The molecule has 0 radical (unpaired) electrons. The average molecular weight is 1300 g/mol. The van der Waals surface area contributed by atoms with Crippen molar-refractivity contribution in [3.63, 3.8) is 0 Å². The topological polar surface area (TPSA) is 72.8 Å². The van der Waals surface area contributed by atoms with Gasteiger partial charge in [-0.25, -0.2) is 0 Å². The van der Waals surface area contributed by atoms with Crippen molar-refractivity contribution in [1.82, 2.24) is 0 Å². The zero-order valence-electron chi connectivity index (χ0n) is 62.2. The van der Waals surface area contributed by atoms with E-state index >= 15 is 0 Å². The molecular formula is C89H154O5. The molecule has 0 fully saturated rings. The summed E-state index contributed by atoms with van der Waals surface area (Å²) in [5, 5.41) is 9.73. The van der Waals surface area contributed by atoms with Gasteiger partial charge in [0.25, 0.3) is 0 Å². The highest BCUT2D eigenvalue weighted by Gasteiger charge is 2.16. The Labute approximate surface area is 585 Å². The number of carbonyl (C=O) groups is 2. The van der Waals surface area contributed by atoms with Crippen LogP contribution < -0.4 is 0 Å². The smallest absolute Gasteiger partial charge is 0.306 e. The Kier molecular flexibility index (Phi) is 79.8. The summed E-state index contributed by atoms with van der Waals surface area (Å²) in [6.45, 7) is 4.06. The second-order valence-electron chi connectivity index (χ2n) is 27.1. The Morgan fingerprint density at radius 2 is 0.457 bits per heavy atom. The van der Waals surface area contributed by atoms with Gasteiger partial charge in [0.15, 0.2) is 6.10 Å². The number of rotatable bonds is 75. The molecule has 0 rings (SSSR count). The van der Waals surface area contributed by atoms with Gasteiger partial charge in [-0.05, 0) is 116 Å². The standard InChI is InChI=1S/C89H154O5/c1-3-5-7-9-11-13-15-17-19-21-23-25-27-29-31-33-35-37-39-41-43-44-46-48-50-52-54-56-58-60-62-64-66-68-70-72-74-76-78-80-82-84-89(92)94-87(85-90)86-93-88(91)83-81-79-77-75-73-71-69-67-65-63-61-59-57-55-53-51-49-47-45-42-40-38-36-34-32-30-28-26-24-22-20-18-16-14-12-10-8-6-4-2/h5,7,11,13,17,19,22-25,29,31,35,37,41,43,46,48,52,54,58,60,87,90H,3-4,6,8-10,12,14-16,18,20-21,26-28,30,32-34,36,38-40,42,44-45,47,49-51,53,55-57,59,61-86H2,1-2H3/b7-5-,13-11-,19-17-,24-22-,25-23-,31-29-,37-35-,43-41-,48-46-,54-52-,60-58-. The highest BCUT2D eigenvalue weighted by molar-refractivity contribution is 5.70. The summed E-state index contributed by atoms with van der Waals surface area (Å²) in [6, 6.07) is 0. The fourth-order valence-electron chi connectivity index (χ4n) is 11.9. The summed E-state index contributed by atoms with van der Waals surface area (Å²) in [4.78, 5) is 24.7. The Morgan fingerprint density at radius 1 is 0.255 bits per heavy atom. The van der Waals surface area contributed by atoms with Gasteiger partial charge in [0.2, 0.25) is 0 Å². The van der Waals surface area contributed by atoms with Gasteiger partial charge in [-0.15, -0.1) is 0 Å². The molecule has 0 saturated carbocycles. The van der Waals surface area contributed by atoms with E-state index in [0.717, 1.165) is 103 Å². The molecule has 0 bridgehead atoms. The Bertz CT molecular complexity index is 1870. The monoisotopic (exact) mass is 1300 g/mol. The van der Waals surface area contributed by atoms with E-state index < -0.39 is 6.10 Å². The van der Waals surface area contributed by atoms with E-state index in [1.165, 1.54) is 270 Å². The molecule has 0 saturated heterocycles. The minimum Gasteiger partial charge on any atom is -0.462 e. The molecule has 0 amide bonds. The van der Waals surface area contributed by atoms with E-state index in [4.69, 9.17) is 9.47 Å². The first-order valence-electron chi connectivity index (χ1n) is 40.7. The molecule has 1 atom stereocenters. The summed E-state index contributed by atoms with van der Waals surface area (Å²) in [6.07, 6.45) is 124. The molecule has 5 heteroatoms. The summed E-state index contributed by atoms with van der Waals surface area (Å²) in [5.74, 6) is -0.585. The predicted molar refractivity (Wildman–Crippen MR) is 417 cm³/mol.